The number of nitrogens with zero attached hydrogens (tertiary/aromatic N) is 1. The Bertz CT molecular complexity index is 738. The van der Waals surface area contributed by atoms with Gasteiger partial charge in [-0.2, -0.15) is 0 Å². The van der Waals surface area contributed by atoms with Crippen LogP contribution in [0.5, 0.6) is 5.75 Å². The largest absolute Gasteiger partial charge is 0.496 e. The summed E-state index contributed by atoms with van der Waals surface area (Å²) in [5, 5.41) is 1.78. The minimum Gasteiger partial charge on any atom is -0.496 e. The summed E-state index contributed by atoms with van der Waals surface area (Å²) in [6, 6.07) is 8.39. The van der Waals surface area contributed by atoms with Crippen LogP contribution in [0.3, 0.4) is 0 Å². The average Bonchev–Trinajstić information content (AvgIpc) is 2.99. The molecular formula is C17H18BrNO4S. The van der Waals surface area contributed by atoms with E-state index in [9.17, 15) is 9.59 Å². The highest BCUT2D eigenvalue weighted by molar-refractivity contribution is 9.10. The van der Waals surface area contributed by atoms with Crippen molar-refractivity contribution in [2.45, 2.75) is 26.4 Å². The summed E-state index contributed by atoms with van der Waals surface area (Å²) >= 11 is 4.64. The number of halogens is 1. The molecule has 1 aromatic heterocycles. The van der Waals surface area contributed by atoms with Gasteiger partial charge in [-0.05, 0) is 66.3 Å². The molecule has 2 amide bonds. The number of carbonyl (C=O) groups excluding carboxylic acids is 2. The lowest BCUT2D eigenvalue weighted by Crippen LogP contribution is -2.40. The number of ether oxygens (including phenoxy) is 2. The molecule has 24 heavy (non-hydrogen) atoms. The number of methoxy groups -OCH3 is 1. The van der Waals surface area contributed by atoms with Gasteiger partial charge < -0.3 is 9.47 Å². The van der Waals surface area contributed by atoms with Crippen molar-refractivity contribution in [3.63, 3.8) is 0 Å². The molecule has 0 unspecified atom stereocenters. The van der Waals surface area contributed by atoms with E-state index in [2.05, 4.69) is 15.9 Å². The predicted molar refractivity (Wildman–Crippen MR) is 98.1 cm³/mol. The molecule has 5 nitrogen and oxygen atoms in total. The maximum atomic E-state index is 12.8. The van der Waals surface area contributed by atoms with E-state index in [-0.39, 0.29) is 0 Å². The number of hydrogen-bond donors (Lipinski definition) is 0. The predicted octanol–water partition coefficient (Wildman–Crippen LogP) is 5.10. The zero-order valence-electron chi connectivity index (χ0n) is 13.8. The van der Waals surface area contributed by atoms with Crippen LogP contribution in [0.25, 0.3) is 0 Å². The van der Waals surface area contributed by atoms with Gasteiger partial charge in [0.1, 0.15) is 11.4 Å². The number of hydrogen-bond acceptors (Lipinski definition) is 5. The highest BCUT2D eigenvalue weighted by Gasteiger charge is 2.30. The molecule has 0 radical (unpaired) electrons. The van der Waals surface area contributed by atoms with Gasteiger partial charge in [-0.15, -0.1) is 11.3 Å². The molecular weight excluding hydrogens is 394 g/mol. The number of rotatable bonds is 3. The number of benzene rings is 1. The van der Waals surface area contributed by atoms with Crippen LogP contribution in [0.15, 0.2) is 40.2 Å². The lowest BCUT2D eigenvalue weighted by molar-refractivity contribution is 0.0565. The topological polar surface area (TPSA) is 55.8 Å². The van der Waals surface area contributed by atoms with E-state index in [1.807, 2.05) is 0 Å². The molecule has 2 rings (SSSR count). The summed E-state index contributed by atoms with van der Waals surface area (Å²) in [5.74, 6) is 0.169. The molecule has 1 heterocycles. The highest BCUT2D eigenvalue weighted by atomic mass is 79.9. The van der Waals surface area contributed by atoms with Gasteiger partial charge in [-0.3, -0.25) is 4.79 Å². The van der Waals surface area contributed by atoms with Crippen LogP contribution < -0.4 is 9.64 Å². The Hall–Kier alpha value is -1.86. The molecule has 0 saturated heterocycles. The van der Waals surface area contributed by atoms with E-state index in [4.69, 9.17) is 9.47 Å². The number of anilines is 1. The molecule has 0 bridgehead atoms. The Kier molecular flexibility index (Phi) is 5.66. The van der Waals surface area contributed by atoms with E-state index in [0.29, 0.717) is 20.8 Å². The Balaban J connectivity index is 2.44. The van der Waals surface area contributed by atoms with Crippen LogP contribution in [0, 0.1) is 0 Å². The fraction of sp³-hybridized carbons (Fsp3) is 0.294. The van der Waals surface area contributed by atoms with Gasteiger partial charge in [0.25, 0.3) is 5.91 Å². The van der Waals surface area contributed by atoms with Crippen LogP contribution >= 0.6 is 27.3 Å². The third-order valence-corrected chi connectivity index (χ3v) is 4.38. The molecule has 128 valence electrons. The van der Waals surface area contributed by atoms with Crippen LogP contribution in [0.1, 0.15) is 30.4 Å². The molecule has 0 N–H and O–H groups in total. The van der Waals surface area contributed by atoms with Gasteiger partial charge in [0.15, 0.2) is 0 Å². The first-order chi connectivity index (χ1) is 11.2. The lowest BCUT2D eigenvalue weighted by Gasteiger charge is -2.26. The summed E-state index contributed by atoms with van der Waals surface area (Å²) < 4.78 is 11.2. The van der Waals surface area contributed by atoms with Crippen LogP contribution in [-0.4, -0.2) is 24.7 Å². The Morgan fingerprint density at radius 3 is 2.42 bits per heavy atom. The molecule has 0 aliphatic rings. The number of imide groups is 1. The van der Waals surface area contributed by atoms with Gasteiger partial charge in [0, 0.05) is 0 Å². The molecule has 0 atom stereocenters. The fourth-order valence-corrected chi connectivity index (χ4v) is 3.10. The zero-order valence-corrected chi connectivity index (χ0v) is 16.2. The van der Waals surface area contributed by atoms with Crippen molar-refractivity contribution in [1.29, 1.82) is 0 Å². The van der Waals surface area contributed by atoms with E-state index in [0.717, 1.165) is 4.90 Å². The number of carbonyl (C=O) groups is 2. The van der Waals surface area contributed by atoms with E-state index < -0.39 is 17.6 Å². The molecule has 0 aliphatic carbocycles. The van der Waals surface area contributed by atoms with Crippen molar-refractivity contribution >= 4 is 45.0 Å². The van der Waals surface area contributed by atoms with Gasteiger partial charge in [0.2, 0.25) is 0 Å². The van der Waals surface area contributed by atoms with Gasteiger partial charge in [0.05, 0.1) is 22.1 Å². The zero-order chi connectivity index (χ0) is 17.9. The van der Waals surface area contributed by atoms with Crippen LogP contribution in [0.4, 0.5) is 10.5 Å². The van der Waals surface area contributed by atoms with Crippen molar-refractivity contribution in [3.05, 3.63) is 45.1 Å². The van der Waals surface area contributed by atoms with Crippen LogP contribution in [-0.2, 0) is 4.74 Å². The maximum Gasteiger partial charge on any atom is 0.422 e. The summed E-state index contributed by atoms with van der Waals surface area (Å²) in [4.78, 5) is 26.9. The minimum atomic E-state index is -0.724. The summed E-state index contributed by atoms with van der Waals surface area (Å²) in [6.45, 7) is 5.26. The Morgan fingerprint density at radius 1 is 1.21 bits per heavy atom. The standard InChI is InChI=1S/C17H18BrNO4S/c1-17(2,3)23-16(21)19(15(20)14-6-5-9-24-14)11-7-8-13(22-4)12(18)10-11/h5-10H,1-4H3. The molecule has 2 aromatic rings. The maximum absolute atomic E-state index is 12.8. The Labute approximate surface area is 153 Å². The SMILES string of the molecule is COc1ccc(N(C(=O)OC(C)(C)C)C(=O)c2cccs2)cc1Br. The molecule has 0 aliphatic heterocycles. The second kappa shape index (κ2) is 7.36. The first kappa shape index (κ1) is 18.5. The van der Waals surface area contributed by atoms with Gasteiger partial charge in [-0.1, -0.05) is 6.07 Å². The fourth-order valence-electron chi connectivity index (χ4n) is 1.92. The summed E-state index contributed by atoms with van der Waals surface area (Å²) in [6.07, 6.45) is -0.724. The van der Waals surface area contributed by atoms with Crippen molar-refractivity contribution in [1.82, 2.24) is 0 Å². The molecule has 0 saturated carbocycles. The number of amides is 2. The second-order valence-corrected chi connectivity index (χ2v) is 7.72. The second-order valence-electron chi connectivity index (χ2n) is 5.92. The van der Waals surface area contributed by atoms with E-state index in [1.54, 1.807) is 63.6 Å². The molecule has 7 heteroatoms. The van der Waals surface area contributed by atoms with E-state index >= 15 is 0 Å². The van der Waals surface area contributed by atoms with Crippen molar-refractivity contribution in [2.75, 3.05) is 12.0 Å². The molecule has 0 spiro atoms. The molecule has 1 aromatic carbocycles. The monoisotopic (exact) mass is 411 g/mol. The average molecular weight is 412 g/mol. The Morgan fingerprint density at radius 2 is 1.92 bits per heavy atom. The number of thiophene rings is 1. The van der Waals surface area contributed by atoms with E-state index in [1.165, 1.54) is 11.3 Å². The normalized spacial score (nSPS) is 11.0. The quantitative estimate of drug-likeness (QED) is 0.704. The molecule has 0 fully saturated rings. The summed E-state index contributed by atoms with van der Waals surface area (Å²) in [7, 11) is 1.54. The third-order valence-electron chi connectivity index (χ3n) is 2.90. The first-order valence-corrected chi connectivity index (χ1v) is 8.84. The van der Waals surface area contributed by atoms with Gasteiger partial charge in [-0.25, -0.2) is 9.69 Å². The third kappa shape index (κ3) is 4.36. The van der Waals surface area contributed by atoms with Gasteiger partial charge >= 0.3 is 6.09 Å². The van der Waals surface area contributed by atoms with Crippen molar-refractivity contribution in [3.8, 4) is 5.75 Å². The van der Waals surface area contributed by atoms with Crippen LogP contribution in [0.2, 0.25) is 0 Å². The van der Waals surface area contributed by atoms with Crippen molar-refractivity contribution in [2.24, 2.45) is 0 Å². The lowest BCUT2D eigenvalue weighted by atomic mass is 10.2. The minimum absolute atomic E-state index is 0.398. The summed E-state index contributed by atoms with van der Waals surface area (Å²) in [5.41, 5.74) is -0.315. The smallest absolute Gasteiger partial charge is 0.422 e. The first-order valence-electron chi connectivity index (χ1n) is 7.17. The van der Waals surface area contributed by atoms with Crippen molar-refractivity contribution < 1.29 is 19.1 Å². The highest BCUT2D eigenvalue weighted by Crippen LogP contribution is 2.31.